The van der Waals surface area contributed by atoms with E-state index in [0.717, 1.165) is 29.2 Å². The van der Waals surface area contributed by atoms with Crippen LogP contribution in [0.2, 0.25) is 0 Å². The summed E-state index contributed by atoms with van der Waals surface area (Å²) in [5, 5.41) is 9.88. The highest BCUT2D eigenvalue weighted by Crippen LogP contribution is 2.20. The number of para-hydroxylation sites is 1. The maximum atomic E-state index is 9.88. The lowest BCUT2D eigenvalue weighted by molar-refractivity contribution is 0.171. The van der Waals surface area contributed by atoms with Gasteiger partial charge in [0.05, 0.1) is 13.2 Å². The van der Waals surface area contributed by atoms with E-state index in [-0.39, 0.29) is 6.10 Å². The summed E-state index contributed by atoms with van der Waals surface area (Å²) in [6.45, 7) is 2.14. The summed E-state index contributed by atoms with van der Waals surface area (Å²) in [6.07, 6.45) is 1.25. The fraction of sp³-hybridized carbons (Fsp3) is 0.538. The molecule has 0 bridgehead atoms. The number of hydrogen-bond donors (Lipinski definition) is 1. The molecule has 0 aliphatic heterocycles. The van der Waals surface area contributed by atoms with Gasteiger partial charge in [0, 0.05) is 6.42 Å². The van der Waals surface area contributed by atoms with E-state index in [1.165, 1.54) is 0 Å². The summed E-state index contributed by atoms with van der Waals surface area (Å²) in [5.74, 6) is 3.00. The van der Waals surface area contributed by atoms with Crippen molar-refractivity contribution < 1.29 is 9.84 Å². The molecule has 0 saturated carbocycles. The van der Waals surface area contributed by atoms with Crippen LogP contribution in [0.15, 0.2) is 24.3 Å². The van der Waals surface area contributed by atoms with Crippen LogP contribution in [0.4, 0.5) is 0 Å². The molecule has 1 N–H and O–H groups in total. The molecule has 90 valence electrons. The number of benzene rings is 1. The second-order valence-electron chi connectivity index (χ2n) is 3.66. The van der Waals surface area contributed by atoms with E-state index >= 15 is 0 Å². The Morgan fingerprint density at radius 2 is 2.12 bits per heavy atom. The Morgan fingerprint density at radius 3 is 2.81 bits per heavy atom. The highest BCUT2D eigenvalue weighted by Gasteiger charge is 2.08. The topological polar surface area (TPSA) is 29.5 Å². The Bertz CT molecular complexity index is 302. The molecule has 0 aromatic heterocycles. The van der Waals surface area contributed by atoms with Crippen molar-refractivity contribution >= 4 is 11.8 Å². The third-order valence-electron chi connectivity index (χ3n) is 2.45. The van der Waals surface area contributed by atoms with Crippen LogP contribution in [0, 0.1) is 0 Å². The van der Waals surface area contributed by atoms with Gasteiger partial charge in [-0.25, -0.2) is 0 Å². The standard InChI is InChI=1S/C13H20O2S/c1-3-16-9-8-12(14)10-11-6-4-5-7-13(11)15-2/h4-7,12,14H,3,8-10H2,1-2H3. The van der Waals surface area contributed by atoms with Crippen molar-refractivity contribution in [3.63, 3.8) is 0 Å². The van der Waals surface area contributed by atoms with Crippen LogP contribution in [0.5, 0.6) is 5.75 Å². The zero-order valence-corrected chi connectivity index (χ0v) is 10.8. The van der Waals surface area contributed by atoms with Crippen LogP contribution in [0.1, 0.15) is 18.9 Å². The van der Waals surface area contributed by atoms with Gasteiger partial charge in [-0.3, -0.25) is 0 Å². The minimum Gasteiger partial charge on any atom is -0.496 e. The molecule has 0 aliphatic carbocycles. The summed E-state index contributed by atoms with van der Waals surface area (Å²) in [7, 11) is 1.66. The molecular formula is C13H20O2S. The van der Waals surface area contributed by atoms with E-state index in [1.54, 1.807) is 7.11 Å². The van der Waals surface area contributed by atoms with Crippen LogP contribution >= 0.6 is 11.8 Å². The van der Waals surface area contributed by atoms with Gasteiger partial charge in [-0.2, -0.15) is 11.8 Å². The number of rotatable bonds is 7. The first-order valence-corrected chi connectivity index (χ1v) is 6.81. The Hall–Kier alpha value is -0.670. The third kappa shape index (κ3) is 4.45. The van der Waals surface area contributed by atoms with Crippen molar-refractivity contribution in [2.24, 2.45) is 0 Å². The van der Waals surface area contributed by atoms with Crippen molar-refractivity contribution in [3.05, 3.63) is 29.8 Å². The largest absolute Gasteiger partial charge is 0.496 e. The zero-order chi connectivity index (χ0) is 11.8. The molecule has 0 amide bonds. The summed E-state index contributed by atoms with van der Waals surface area (Å²) in [4.78, 5) is 0. The predicted molar refractivity (Wildman–Crippen MR) is 70.3 cm³/mol. The molecule has 1 aromatic carbocycles. The van der Waals surface area contributed by atoms with Gasteiger partial charge in [0.15, 0.2) is 0 Å². The summed E-state index contributed by atoms with van der Waals surface area (Å²) in [6, 6.07) is 7.87. The van der Waals surface area contributed by atoms with Crippen LogP contribution in [-0.4, -0.2) is 29.8 Å². The molecule has 0 heterocycles. The van der Waals surface area contributed by atoms with Crippen molar-refractivity contribution in [1.82, 2.24) is 0 Å². The number of aliphatic hydroxyl groups excluding tert-OH is 1. The van der Waals surface area contributed by atoms with E-state index in [2.05, 4.69) is 6.92 Å². The monoisotopic (exact) mass is 240 g/mol. The quantitative estimate of drug-likeness (QED) is 0.743. The number of ether oxygens (including phenoxy) is 1. The van der Waals surface area contributed by atoms with E-state index in [1.807, 2.05) is 36.0 Å². The average Bonchev–Trinajstić information content (AvgIpc) is 2.30. The van der Waals surface area contributed by atoms with Crippen LogP contribution in [0.3, 0.4) is 0 Å². The first-order valence-electron chi connectivity index (χ1n) is 5.65. The highest BCUT2D eigenvalue weighted by atomic mass is 32.2. The van der Waals surface area contributed by atoms with Gasteiger partial charge in [-0.1, -0.05) is 25.1 Å². The van der Waals surface area contributed by atoms with E-state index in [9.17, 15) is 5.11 Å². The minimum atomic E-state index is -0.268. The number of hydrogen-bond acceptors (Lipinski definition) is 3. The fourth-order valence-corrected chi connectivity index (χ4v) is 2.32. The summed E-state index contributed by atoms with van der Waals surface area (Å²) in [5.41, 5.74) is 1.08. The average molecular weight is 240 g/mol. The summed E-state index contributed by atoms with van der Waals surface area (Å²) >= 11 is 1.87. The molecule has 1 unspecified atom stereocenters. The van der Waals surface area contributed by atoms with Gasteiger partial charge in [-0.15, -0.1) is 0 Å². The smallest absolute Gasteiger partial charge is 0.122 e. The predicted octanol–water partition coefficient (Wildman–Crippen LogP) is 2.74. The molecule has 0 spiro atoms. The Labute approximate surface area is 102 Å². The first-order chi connectivity index (χ1) is 7.77. The molecule has 0 saturated heterocycles. The molecule has 1 atom stereocenters. The molecule has 2 nitrogen and oxygen atoms in total. The van der Waals surface area contributed by atoms with Crippen molar-refractivity contribution in [1.29, 1.82) is 0 Å². The third-order valence-corrected chi connectivity index (χ3v) is 3.38. The van der Waals surface area contributed by atoms with Crippen LogP contribution in [-0.2, 0) is 6.42 Å². The molecule has 0 aliphatic rings. The lowest BCUT2D eigenvalue weighted by atomic mass is 10.1. The molecule has 0 fully saturated rings. The number of methoxy groups -OCH3 is 1. The van der Waals surface area contributed by atoms with Crippen molar-refractivity contribution in [2.45, 2.75) is 25.9 Å². The van der Waals surface area contributed by atoms with Gasteiger partial charge in [0.25, 0.3) is 0 Å². The van der Waals surface area contributed by atoms with Gasteiger partial charge >= 0.3 is 0 Å². The van der Waals surface area contributed by atoms with Crippen molar-refractivity contribution in [3.8, 4) is 5.75 Å². The lowest BCUT2D eigenvalue weighted by Crippen LogP contribution is -2.12. The molecule has 3 heteroatoms. The molecule has 0 radical (unpaired) electrons. The van der Waals surface area contributed by atoms with Crippen molar-refractivity contribution in [2.75, 3.05) is 18.6 Å². The Balaban J connectivity index is 2.45. The van der Waals surface area contributed by atoms with E-state index < -0.39 is 0 Å². The second kappa shape index (κ2) is 7.58. The SMILES string of the molecule is CCSCCC(O)Cc1ccccc1OC. The second-order valence-corrected chi connectivity index (χ2v) is 5.05. The van der Waals surface area contributed by atoms with Crippen LogP contribution < -0.4 is 4.74 Å². The highest BCUT2D eigenvalue weighted by molar-refractivity contribution is 7.99. The van der Waals surface area contributed by atoms with Crippen LogP contribution in [0.25, 0.3) is 0 Å². The van der Waals surface area contributed by atoms with E-state index in [4.69, 9.17) is 4.74 Å². The Kier molecular flexibility index (Phi) is 6.34. The van der Waals surface area contributed by atoms with E-state index in [0.29, 0.717) is 6.42 Å². The molecule has 16 heavy (non-hydrogen) atoms. The zero-order valence-electron chi connectivity index (χ0n) is 9.98. The van der Waals surface area contributed by atoms with Gasteiger partial charge < -0.3 is 9.84 Å². The molecule has 1 aromatic rings. The maximum absolute atomic E-state index is 9.88. The minimum absolute atomic E-state index is 0.268. The normalized spacial score (nSPS) is 12.4. The first kappa shape index (κ1) is 13.4. The van der Waals surface area contributed by atoms with Gasteiger partial charge in [-0.05, 0) is 29.6 Å². The summed E-state index contributed by atoms with van der Waals surface area (Å²) < 4.78 is 5.26. The number of thioether (sulfide) groups is 1. The molecule has 1 rings (SSSR count). The van der Waals surface area contributed by atoms with Gasteiger partial charge in [0.2, 0.25) is 0 Å². The molecular weight excluding hydrogens is 220 g/mol. The maximum Gasteiger partial charge on any atom is 0.122 e. The Morgan fingerprint density at radius 1 is 1.38 bits per heavy atom. The number of aliphatic hydroxyl groups is 1. The fourth-order valence-electron chi connectivity index (χ4n) is 1.59. The lowest BCUT2D eigenvalue weighted by Gasteiger charge is -2.12. The van der Waals surface area contributed by atoms with Gasteiger partial charge in [0.1, 0.15) is 5.75 Å².